The predicted octanol–water partition coefficient (Wildman–Crippen LogP) is 7.21. The van der Waals surface area contributed by atoms with Crippen LogP contribution in [0.25, 0.3) is 0 Å². The molecule has 1 aromatic rings. The minimum Gasteiger partial charge on any atom is -0.426 e. The molecule has 0 radical (unpaired) electrons. The highest BCUT2D eigenvalue weighted by Crippen LogP contribution is 2.33. The van der Waals surface area contributed by atoms with Crippen molar-refractivity contribution in [3.05, 3.63) is 42.0 Å². The van der Waals surface area contributed by atoms with E-state index in [4.69, 9.17) is 4.74 Å². The van der Waals surface area contributed by atoms with Gasteiger partial charge in [0.25, 0.3) is 0 Å². The molecule has 1 aromatic carbocycles. The third-order valence-electron chi connectivity index (χ3n) is 7.02. The molecule has 2 aliphatic rings. The molecule has 0 bridgehead atoms. The number of esters is 1. The normalized spacial score (nSPS) is 25.9. The number of allylic oxidation sites excluding steroid dienone is 1. The van der Waals surface area contributed by atoms with E-state index in [1.165, 1.54) is 6.42 Å². The SMILES string of the molecule is C=CCC[C@H]1CC[C@H](C(=O)Oc2cc(F)c(C#C[C@H]3CC[C@H](CC)CC3)c(F)c2)CC1. The molecule has 0 amide bonds. The highest BCUT2D eigenvalue weighted by Gasteiger charge is 2.28. The molecule has 2 aliphatic carbocycles. The van der Waals surface area contributed by atoms with Crippen LogP contribution in [-0.2, 0) is 4.79 Å². The zero-order chi connectivity index (χ0) is 22.2. The molecule has 3 rings (SSSR count). The Bertz CT molecular complexity index is 796. The molecule has 31 heavy (non-hydrogen) atoms. The lowest BCUT2D eigenvalue weighted by atomic mass is 9.80. The van der Waals surface area contributed by atoms with Crippen molar-refractivity contribution in [3.63, 3.8) is 0 Å². The summed E-state index contributed by atoms with van der Waals surface area (Å²) in [6.07, 6.45) is 12.9. The van der Waals surface area contributed by atoms with Gasteiger partial charge in [0.2, 0.25) is 0 Å². The van der Waals surface area contributed by atoms with Gasteiger partial charge in [0, 0.05) is 18.1 Å². The topological polar surface area (TPSA) is 26.3 Å². The first-order valence-electron chi connectivity index (χ1n) is 11.8. The fraction of sp³-hybridized carbons (Fsp3) is 0.593. The van der Waals surface area contributed by atoms with Crippen molar-refractivity contribution in [2.75, 3.05) is 0 Å². The summed E-state index contributed by atoms with van der Waals surface area (Å²) in [6.45, 7) is 5.95. The van der Waals surface area contributed by atoms with Gasteiger partial charge in [-0.05, 0) is 76.0 Å². The van der Waals surface area contributed by atoms with Gasteiger partial charge in [0.1, 0.15) is 17.4 Å². The molecule has 0 unspecified atom stereocenters. The molecule has 4 heteroatoms. The average Bonchev–Trinajstić information content (AvgIpc) is 2.78. The van der Waals surface area contributed by atoms with Crippen LogP contribution < -0.4 is 4.74 Å². The summed E-state index contributed by atoms with van der Waals surface area (Å²) in [5.74, 6) is 5.09. The van der Waals surface area contributed by atoms with E-state index >= 15 is 0 Å². The van der Waals surface area contributed by atoms with Gasteiger partial charge in [0.15, 0.2) is 0 Å². The van der Waals surface area contributed by atoms with Crippen LogP contribution in [0.15, 0.2) is 24.8 Å². The Balaban J connectivity index is 1.56. The lowest BCUT2D eigenvalue weighted by Crippen LogP contribution is -2.25. The van der Waals surface area contributed by atoms with Crippen LogP contribution in [-0.4, -0.2) is 5.97 Å². The van der Waals surface area contributed by atoms with E-state index in [1.807, 2.05) is 6.08 Å². The van der Waals surface area contributed by atoms with Crippen molar-refractivity contribution in [2.24, 2.45) is 23.7 Å². The van der Waals surface area contributed by atoms with Crippen molar-refractivity contribution < 1.29 is 18.3 Å². The van der Waals surface area contributed by atoms with Crippen LogP contribution >= 0.6 is 0 Å². The standard InChI is InChI=1S/C27H34F2O2/c1-3-5-6-20-11-14-22(15-12-20)27(30)31-23-17-25(28)24(26(29)18-23)16-13-21-9-7-19(4-2)8-10-21/h3,17-22H,1,4-12,14-15H2,2H3/t19-,20-,21-,22-. The number of hydrogen-bond acceptors (Lipinski definition) is 2. The zero-order valence-electron chi connectivity index (χ0n) is 18.6. The Morgan fingerprint density at radius 2 is 1.68 bits per heavy atom. The predicted molar refractivity (Wildman–Crippen MR) is 119 cm³/mol. The Kier molecular flexibility index (Phi) is 8.69. The molecule has 168 valence electrons. The molecule has 0 heterocycles. The number of carbonyl (C=O) groups is 1. The van der Waals surface area contributed by atoms with Crippen LogP contribution in [0.3, 0.4) is 0 Å². The fourth-order valence-corrected chi connectivity index (χ4v) is 4.86. The van der Waals surface area contributed by atoms with Gasteiger partial charge in [0.05, 0.1) is 11.5 Å². The number of benzene rings is 1. The van der Waals surface area contributed by atoms with E-state index in [0.717, 1.165) is 82.3 Å². The second kappa shape index (κ2) is 11.5. The maximum atomic E-state index is 14.5. The molecule has 0 N–H and O–H groups in total. The number of hydrogen-bond donors (Lipinski definition) is 0. The van der Waals surface area contributed by atoms with Gasteiger partial charge in [-0.25, -0.2) is 8.78 Å². The molecule has 0 spiro atoms. The van der Waals surface area contributed by atoms with E-state index in [1.54, 1.807) is 0 Å². The first kappa shape index (κ1) is 23.5. The first-order chi connectivity index (χ1) is 15.0. The number of rotatable bonds is 6. The largest absolute Gasteiger partial charge is 0.426 e. The molecule has 0 aliphatic heterocycles. The number of carbonyl (C=O) groups excluding carboxylic acids is 1. The van der Waals surface area contributed by atoms with Crippen molar-refractivity contribution in [1.29, 1.82) is 0 Å². The number of halogens is 2. The van der Waals surface area contributed by atoms with Crippen LogP contribution in [0.1, 0.15) is 83.1 Å². The molecule has 2 saturated carbocycles. The zero-order valence-corrected chi connectivity index (χ0v) is 18.6. The van der Waals surface area contributed by atoms with Crippen molar-refractivity contribution in [2.45, 2.75) is 77.6 Å². The number of ether oxygens (including phenoxy) is 1. The Morgan fingerprint density at radius 3 is 2.26 bits per heavy atom. The molecule has 0 saturated heterocycles. The summed E-state index contributed by atoms with van der Waals surface area (Å²) in [6, 6.07) is 2.16. The minimum atomic E-state index is -0.773. The smallest absolute Gasteiger partial charge is 0.314 e. The van der Waals surface area contributed by atoms with E-state index in [-0.39, 0.29) is 23.1 Å². The maximum absolute atomic E-state index is 14.5. The summed E-state index contributed by atoms with van der Waals surface area (Å²) < 4.78 is 34.3. The lowest BCUT2D eigenvalue weighted by Gasteiger charge is -2.26. The summed E-state index contributed by atoms with van der Waals surface area (Å²) in [5.41, 5.74) is -0.236. The Morgan fingerprint density at radius 1 is 1.06 bits per heavy atom. The van der Waals surface area contributed by atoms with Gasteiger partial charge >= 0.3 is 5.97 Å². The third kappa shape index (κ3) is 6.66. The fourth-order valence-electron chi connectivity index (χ4n) is 4.86. The van der Waals surface area contributed by atoms with Crippen molar-refractivity contribution >= 4 is 5.97 Å². The Hall–Kier alpha value is -2.15. The quantitative estimate of drug-likeness (QED) is 0.207. The second-order valence-corrected chi connectivity index (χ2v) is 9.16. The van der Waals surface area contributed by atoms with Gasteiger partial charge in [-0.3, -0.25) is 4.79 Å². The molecular formula is C27H34F2O2. The molecule has 2 fully saturated rings. The van der Waals surface area contributed by atoms with Gasteiger partial charge in [-0.15, -0.1) is 6.58 Å². The van der Waals surface area contributed by atoms with E-state index in [0.29, 0.717) is 5.92 Å². The summed E-state index contributed by atoms with van der Waals surface area (Å²) in [7, 11) is 0. The maximum Gasteiger partial charge on any atom is 0.314 e. The van der Waals surface area contributed by atoms with Gasteiger partial charge in [-0.2, -0.15) is 0 Å². The van der Waals surface area contributed by atoms with Crippen LogP contribution in [0, 0.1) is 47.1 Å². The van der Waals surface area contributed by atoms with Gasteiger partial charge in [-0.1, -0.05) is 31.3 Å². The van der Waals surface area contributed by atoms with Crippen molar-refractivity contribution in [3.8, 4) is 17.6 Å². The van der Waals surface area contributed by atoms with Crippen LogP contribution in [0.4, 0.5) is 8.78 Å². The molecular weight excluding hydrogens is 394 g/mol. The lowest BCUT2D eigenvalue weighted by molar-refractivity contribution is -0.140. The van der Waals surface area contributed by atoms with Crippen LogP contribution in [0.2, 0.25) is 0 Å². The summed E-state index contributed by atoms with van der Waals surface area (Å²) in [4.78, 5) is 12.5. The average molecular weight is 429 g/mol. The third-order valence-corrected chi connectivity index (χ3v) is 7.02. The van der Waals surface area contributed by atoms with E-state index < -0.39 is 17.6 Å². The second-order valence-electron chi connectivity index (χ2n) is 9.16. The summed E-state index contributed by atoms with van der Waals surface area (Å²) >= 11 is 0. The van der Waals surface area contributed by atoms with Gasteiger partial charge < -0.3 is 4.74 Å². The molecule has 2 nitrogen and oxygen atoms in total. The molecule has 0 aromatic heterocycles. The van der Waals surface area contributed by atoms with Crippen LogP contribution in [0.5, 0.6) is 5.75 Å². The first-order valence-corrected chi connectivity index (χ1v) is 11.8. The summed E-state index contributed by atoms with van der Waals surface area (Å²) in [5, 5.41) is 0. The highest BCUT2D eigenvalue weighted by molar-refractivity contribution is 5.75. The minimum absolute atomic E-state index is 0.0808. The Labute approximate surface area is 185 Å². The van der Waals surface area contributed by atoms with E-state index in [9.17, 15) is 13.6 Å². The van der Waals surface area contributed by atoms with Crippen molar-refractivity contribution in [1.82, 2.24) is 0 Å². The monoisotopic (exact) mass is 428 g/mol. The highest BCUT2D eigenvalue weighted by atomic mass is 19.1. The van der Waals surface area contributed by atoms with E-state index in [2.05, 4.69) is 25.3 Å². The molecule has 0 atom stereocenters.